The van der Waals surface area contributed by atoms with Gasteiger partial charge in [0, 0.05) is 0 Å². The summed E-state index contributed by atoms with van der Waals surface area (Å²) in [6.07, 6.45) is 0. The van der Waals surface area contributed by atoms with Crippen molar-refractivity contribution in [2.45, 2.75) is 0 Å². The van der Waals surface area contributed by atoms with Gasteiger partial charge in [0.25, 0.3) is 0 Å². The fraction of sp³-hybridized carbons (Fsp3) is 0.286. The average Bonchev–Trinajstić information content (AvgIpc) is 3.30. The van der Waals surface area contributed by atoms with Crippen molar-refractivity contribution in [3.63, 3.8) is 0 Å². The first-order valence-corrected chi connectivity index (χ1v) is 13.5. The molecule has 0 aliphatic carbocycles. The summed E-state index contributed by atoms with van der Waals surface area (Å²) in [5.41, 5.74) is 0. The van der Waals surface area contributed by atoms with Crippen LogP contribution in [0.2, 0.25) is 0 Å². The monoisotopic (exact) mass is 628 g/mol. The number of ether oxygens (including phenoxy) is 4. The van der Waals surface area contributed by atoms with Gasteiger partial charge >= 0.3 is 175 Å². The Morgan fingerprint density at radius 3 is 0.846 bits per heavy atom. The van der Waals surface area contributed by atoms with Crippen molar-refractivity contribution in [3.05, 3.63) is 24.6 Å². The summed E-state index contributed by atoms with van der Waals surface area (Å²) in [7, 11) is 5.03. The fourth-order valence-electron chi connectivity index (χ4n) is 1.67. The average molecular weight is 624 g/mol. The summed E-state index contributed by atoms with van der Waals surface area (Å²) in [5.74, 6) is -2.18. The number of methoxy groups -OCH3 is 4. The first-order valence-electron chi connectivity index (χ1n) is 6.65. The van der Waals surface area contributed by atoms with Gasteiger partial charge in [0.1, 0.15) is 0 Å². The Morgan fingerprint density at radius 2 is 0.692 bits per heavy atom. The standard InChI is InChI=1S/C14H12O8Se4/c1-19-9(15)5-6(10(16)20-2)24-13(23-5)14-25-7(11(17)21-3)8(26-14)12(18)22-4/h1-4H3. The number of esters is 4. The van der Waals surface area contributed by atoms with E-state index >= 15 is 0 Å². The summed E-state index contributed by atoms with van der Waals surface area (Å²) in [6, 6.07) is 0. The Morgan fingerprint density at radius 1 is 0.500 bits per heavy atom. The molecule has 8 nitrogen and oxygen atoms in total. The molecule has 0 aromatic rings. The predicted octanol–water partition coefficient (Wildman–Crippen LogP) is -1.93. The van der Waals surface area contributed by atoms with Crippen molar-refractivity contribution in [1.29, 1.82) is 0 Å². The molecule has 0 bridgehead atoms. The summed E-state index contributed by atoms with van der Waals surface area (Å²) in [4.78, 5) is 48.0. The van der Waals surface area contributed by atoms with E-state index in [2.05, 4.69) is 0 Å². The van der Waals surface area contributed by atoms with Gasteiger partial charge in [-0.05, 0) is 0 Å². The van der Waals surface area contributed by atoms with Gasteiger partial charge in [0.05, 0.1) is 0 Å². The molecule has 0 spiro atoms. The van der Waals surface area contributed by atoms with E-state index in [1.54, 1.807) is 0 Å². The van der Waals surface area contributed by atoms with Crippen LogP contribution in [-0.4, -0.2) is 112 Å². The molecule has 12 heteroatoms. The number of rotatable bonds is 4. The van der Waals surface area contributed by atoms with Gasteiger partial charge in [-0.1, -0.05) is 0 Å². The predicted molar refractivity (Wildman–Crippen MR) is 92.2 cm³/mol. The van der Waals surface area contributed by atoms with E-state index in [0.29, 0.717) is 17.9 Å². The van der Waals surface area contributed by atoms with E-state index in [1.165, 1.54) is 28.4 Å². The number of hydrogen-bond acceptors (Lipinski definition) is 8. The summed E-state index contributed by atoms with van der Waals surface area (Å²) in [6.45, 7) is 0. The van der Waals surface area contributed by atoms with Crippen LogP contribution in [0.4, 0.5) is 0 Å². The molecule has 2 heterocycles. The Kier molecular flexibility index (Phi) is 7.76. The van der Waals surface area contributed by atoms with Crippen molar-refractivity contribution in [2.75, 3.05) is 28.4 Å². The quantitative estimate of drug-likeness (QED) is 0.203. The van der Waals surface area contributed by atoms with Crippen LogP contribution in [0.3, 0.4) is 0 Å². The topological polar surface area (TPSA) is 105 Å². The van der Waals surface area contributed by atoms with E-state index in [1.807, 2.05) is 0 Å². The van der Waals surface area contributed by atoms with Gasteiger partial charge < -0.3 is 0 Å². The maximum absolute atomic E-state index is 12.0. The summed E-state index contributed by atoms with van der Waals surface area (Å²) in [5, 5.41) is 0. The molecule has 0 radical (unpaired) electrons. The number of hydrogen-bond donors (Lipinski definition) is 0. The Bertz CT molecular complexity index is 656. The van der Waals surface area contributed by atoms with E-state index < -0.39 is 83.7 Å². The summed E-state index contributed by atoms with van der Waals surface area (Å²) < 4.78 is 22.4. The van der Waals surface area contributed by atoms with Gasteiger partial charge in [-0.15, -0.1) is 0 Å². The third kappa shape index (κ3) is 4.35. The van der Waals surface area contributed by atoms with Crippen LogP contribution in [0, 0.1) is 0 Å². The third-order valence-corrected chi connectivity index (χ3v) is 18.5. The second kappa shape index (κ2) is 9.40. The minimum absolute atomic E-state index is 0.340. The van der Waals surface area contributed by atoms with Crippen molar-refractivity contribution in [1.82, 2.24) is 0 Å². The van der Waals surface area contributed by atoms with Crippen LogP contribution < -0.4 is 0 Å². The van der Waals surface area contributed by atoms with E-state index in [-0.39, 0.29) is 0 Å². The molecule has 140 valence electrons. The molecule has 2 aliphatic rings. The second-order valence-corrected chi connectivity index (χ2v) is 15.5. The van der Waals surface area contributed by atoms with Crippen molar-refractivity contribution in [3.8, 4) is 0 Å². The van der Waals surface area contributed by atoms with Crippen LogP contribution in [0.15, 0.2) is 24.6 Å². The van der Waals surface area contributed by atoms with Gasteiger partial charge in [0.2, 0.25) is 0 Å². The van der Waals surface area contributed by atoms with Crippen molar-refractivity contribution >= 4 is 83.7 Å². The molecule has 0 saturated heterocycles. The van der Waals surface area contributed by atoms with Crippen molar-refractivity contribution < 1.29 is 38.1 Å². The van der Waals surface area contributed by atoms with Crippen LogP contribution in [0.5, 0.6) is 0 Å². The van der Waals surface area contributed by atoms with Gasteiger partial charge in [-0.25, -0.2) is 0 Å². The molecule has 0 amide bonds. The van der Waals surface area contributed by atoms with Gasteiger partial charge in [-0.3, -0.25) is 0 Å². The fourth-order valence-corrected chi connectivity index (χ4v) is 17.0. The van der Waals surface area contributed by atoms with E-state index in [9.17, 15) is 19.2 Å². The molecular formula is C14H12O8Se4. The molecule has 0 atom stereocenters. The number of carbonyl (C=O) groups excluding carboxylic acids is 4. The zero-order valence-corrected chi connectivity index (χ0v) is 20.8. The van der Waals surface area contributed by atoms with E-state index in [0.717, 1.165) is 6.74 Å². The molecule has 26 heavy (non-hydrogen) atoms. The molecule has 0 aromatic heterocycles. The third-order valence-electron chi connectivity index (χ3n) is 2.84. The molecule has 2 rings (SSSR count). The molecule has 0 aromatic carbocycles. The van der Waals surface area contributed by atoms with Crippen LogP contribution >= 0.6 is 0 Å². The zero-order valence-electron chi connectivity index (χ0n) is 13.9. The molecule has 0 saturated carbocycles. The minimum atomic E-state index is -0.546. The molecular weight excluding hydrogens is 612 g/mol. The first kappa shape index (κ1) is 21.5. The molecule has 0 N–H and O–H groups in total. The SMILES string of the molecule is COC(=O)C1=C(C(=O)OC)[Se]C(=C2[Se]C(C(=O)OC)=C(C(=O)OC)[Se]2)[Se]1. The van der Waals surface area contributed by atoms with E-state index in [4.69, 9.17) is 18.9 Å². The van der Waals surface area contributed by atoms with Gasteiger partial charge in [0.15, 0.2) is 0 Å². The molecule has 2 aliphatic heterocycles. The molecule has 0 unspecified atom stereocenters. The Hall–Kier alpha value is -0.822. The summed E-state index contributed by atoms with van der Waals surface area (Å²) >= 11 is -1.60. The number of carbonyl (C=O) groups is 4. The zero-order chi connectivity index (χ0) is 19.4. The second-order valence-electron chi connectivity index (χ2n) is 4.27. The Balaban J connectivity index is 2.37. The van der Waals surface area contributed by atoms with Gasteiger partial charge in [-0.2, -0.15) is 0 Å². The molecule has 0 fully saturated rings. The van der Waals surface area contributed by atoms with Crippen LogP contribution in [0.25, 0.3) is 0 Å². The van der Waals surface area contributed by atoms with Crippen LogP contribution in [0.1, 0.15) is 0 Å². The van der Waals surface area contributed by atoms with Crippen molar-refractivity contribution in [2.24, 2.45) is 0 Å². The van der Waals surface area contributed by atoms with Crippen LogP contribution in [-0.2, 0) is 38.1 Å². The maximum atomic E-state index is 12.0. The normalized spacial score (nSPS) is 16.8. The Labute approximate surface area is 174 Å². The first-order chi connectivity index (χ1) is 12.4.